The van der Waals surface area contributed by atoms with Gasteiger partial charge < -0.3 is 19.3 Å². The summed E-state index contributed by atoms with van der Waals surface area (Å²) in [5.41, 5.74) is -4.11. The van der Waals surface area contributed by atoms with E-state index in [-0.39, 0.29) is 13.2 Å². The number of halogens is 3. The third-order valence-corrected chi connectivity index (χ3v) is 5.55. The molecule has 0 aromatic heterocycles. The van der Waals surface area contributed by atoms with E-state index in [1.165, 1.54) is 0 Å². The smallest absolute Gasteiger partial charge is 0.387 e. The van der Waals surface area contributed by atoms with E-state index < -0.39 is 46.8 Å². The molecule has 0 spiro atoms. The quantitative estimate of drug-likeness (QED) is 0.477. The average molecular weight is 462 g/mol. The van der Waals surface area contributed by atoms with Gasteiger partial charge in [-0.2, -0.15) is 21.6 Å². The second kappa shape index (κ2) is 10.1. The highest BCUT2D eigenvalue weighted by molar-refractivity contribution is 7.87. The van der Waals surface area contributed by atoms with Gasteiger partial charge in [-0.3, -0.25) is 4.18 Å². The van der Waals surface area contributed by atoms with Gasteiger partial charge in [-0.25, -0.2) is 0 Å². The SMILES string of the molecule is O=S(=O)(O[C@@H]1CO[C@@H](OCc2ccccc2)[C@@H](OCc2ccccc2)[C@@H]1O)C(F)(F)F. The fourth-order valence-electron chi connectivity index (χ4n) is 2.90. The van der Waals surface area contributed by atoms with Crippen LogP contribution in [0.2, 0.25) is 0 Å². The van der Waals surface area contributed by atoms with E-state index in [1.54, 1.807) is 54.6 Å². The zero-order valence-corrected chi connectivity index (χ0v) is 17.0. The molecule has 1 aliphatic rings. The molecule has 0 saturated carbocycles. The molecule has 1 aliphatic heterocycles. The Morgan fingerprint density at radius 2 is 1.45 bits per heavy atom. The van der Waals surface area contributed by atoms with Crippen molar-refractivity contribution < 1.29 is 45.1 Å². The summed E-state index contributed by atoms with van der Waals surface area (Å²) in [6.07, 6.45) is -6.03. The fourth-order valence-corrected chi connectivity index (χ4v) is 3.50. The highest BCUT2D eigenvalue weighted by atomic mass is 32.2. The molecule has 0 bridgehead atoms. The van der Waals surface area contributed by atoms with Crippen LogP contribution in [0.1, 0.15) is 11.1 Å². The van der Waals surface area contributed by atoms with Gasteiger partial charge in [0, 0.05) is 0 Å². The maximum absolute atomic E-state index is 12.7. The summed E-state index contributed by atoms with van der Waals surface area (Å²) >= 11 is 0. The Bertz CT molecular complexity index is 923. The van der Waals surface area contributed by atoms with Crippen molar-refractivity contribution in [2.75, 3.05) is 6.61 Å². The van der Waals surface area contributed by atoms with Crippen LogP contribution in [0, 0.1) is 0 Å². The van der Waals surface area contributed by atoms with Crippen LogP contribution >= 0.6 is 0 Å². The fraction of sp³-hybridized carbons (Fsp3) is 0.400. The van der Waals surface area contributed by atoms with Gasteiger partial charge in [0.2, 0.25) is 0 Å². The molecule has 1 N–H and O–H groups in total. The first-order valence-corrected chi connectivity index (χ1v) is 10.7. The number of hydrogen-bond acceptors (Lipinski definition) is 7. The second-order valence-electron chi connectivity index (χ2n) is 6.78. The summed E-state index contributed by atoms with van der Waals surface area (Å²) in [4.78, 5) is 0. The molecule has 11 heteroatoms. The molecule has 1 saturated heterocycles. The minimum Gasteiger partial charge on any atom is -0.387 e. The van der Waals surface area contributed by atoms with Crippen LogP contribution in [-0.2, 0) is 41.7 Å². The zero-order valence-electron chi connectivity index (χ0n) is 16.1. The predicted molar refractivity (Wildman–Crippen MR) is 102 cm³/mol. The van der Waals surface area contributed by atoms with Crippen molar-refractivity contribution >= 4 is 10.1 Å². The normalized spacial score (nSPS) is 24.8. The van der Waals surface area contributed by atoms with Crippen molar-refractivity contribution in [3.05, 3.63) is 71.8 Å². The van der Waals surface area contributed by atoms with E-state index in [9.17, 15) is 26.7 Å². The second-order valence-corrected chi connectivity index (χ2v) is 8.35. The van der Waals surface area contributed by atoms with Gasteiger partial charge in [0.1, 0.15) is 18.3 Å². The first kappa shape index (κ1) is 23.6. The monoisotopic (exact) mass is 462 g/mol. The highest BCUT2D eigenvalue weighted by Gasteiger charge is 2.52. The van der Waals surface area contributed by atoms with Crippen LogP contribution in [0.3, 0.4) is 0 Å². The number of rotatable bonds is 8. The topological polar surface area (TPSA) is 91.3 Å². The summed E-state index contributed by atoms with van der Waals surface area (Å²) in [7, 11) is -5.93. The lowest BCUT2D eigenvalue weighted by Crippen LogP contribution is -2.56. The molecule has 2 aromatic rings. The first-order chi connectivity index (χ1) is 14.7. The Kier molecular flexibility index (Phi) is 7.68. The number of benzene rings is 2. The molecule has 0 amide bonds. The highest BCUT2D eigenvalue weighted by Crippen LogP contribution is 2.30. The molecular weight excluding hydrogens is 441 g/mol. The van der Waals surface area contributed by atoms with Crippen LogP contribution < -0.4 is 0 Å². The molecule has 31 heavy (non-hydrogen) atoms. The number of aliphatic hydroxyl groups is 1. The van der Waals surface area contributed by atoms with Crippen LogP contribution in [0.4, 0.5) is 13.2 Å². The van der Waals surface area contributed by atoms with Gasteiger partial charge in [-0.1, -0.05) is 60.7 Å². The van der Waals surface area contributed by atoms with E-state index in [1.807, 2.05) is 6.07 Å². The molecule has 0 radical (unpaired) electrons. The Morgan fingerprint density at radius 3 is 1.97 bits per heavy atom. The van der Waals surface area contributed by atoms with Gasteiger partial charge in [-0.05, 0) is 11.1 Å². The largest absolute Gasteiger partial charge is 0.523 e. The van der Waals surface area contributed by atoms with Crippen LogP contribution in [0.5, 0.6) is 0 Å². The molecule has 1 fully saturated rings. The Hall–Kier alpha value is -2.02. The van der Waals surface area contributed by atoms with Gasteiger partial charge in [0.05, 0.1) is 19.8 Å². The zero-order chi connectivity index (χ0) is 22.5. The minimum atomic E-state index is -5.93. The van der Waals surface area contributed by atoms with Crippen molar-refractivity contribution in [2.24, 2.45) is 0 Å². The van der Waals surface area contributed by atoms with Gasteiger partial charge in [0.25, 0.3) is 0 Å². The van der Waals surface area contributed by atoms with Crippen molar-refractivity contribution in [1.82, 2.24) is 0 Å². The van der Waals surface area contributed by atoms with Crippen molar-refractivity contribution in [2.45, 2.75) is 43.3 Å². The van der Waals surface area contributed by atoms with Gasteiger partial charge in [-0.15, -0.1) is 0 Å². The average Bonchev–Trinajstić information content (AvgIpc) is 2.74. The first-order valence-electron chi connectivity index (χ1n) is 9.27. The lowest BCUT2D eigenvalue weighted by atomic mass is 10.1. The standard InChI is InChI=1S/C20H21F3O7S/c21-20(22,23)31(25,26)30-16-13-29-19(28-12-15-9-5-2-6-10-15)18(17(16)24)27-11-14-7-3-1-4-8-14/h1-10,16-19,24H,11-13H2/t16-,17-,18+,19-/m1/s1. The maximum Gasteiger partial charge on any atom is 0.523 e. The number of alkyl halides is 3. The molecule has 7 nitrogen and oxygen atoms in total. The molecule has 2 aromatic carbocycles. The molecule has 0 aliphatic carbocycles. The maximum atomic E-state index is 12.7. The Morgan fingerprint density at radius 1 is 0.935 bits per heavy atom. The van der Waals surface area contributed by atoms with Crippen molar-refractivity contribution in [3.8, 4) is 0 Å². The molecule has 3 rings (SSSR count). The Balaban J connectivity index is 1.72. The number of aliphatic hydroxyl groups excluding tert-OH is 1. The van der Waals surface area contributed by atoms with Gasteiger partial charge in [0.15, 0.2) is 6.29 Å². The number of ether oxygens (including phenoxy) is 3. The molecular formula is C20H21F3O7S. The summed E-state index contributed by atoms with van der Waals surface area (Å²) in [6.45, 7) is -0.577. The Labute approximate surface area is 177 Å². The third-order valence-electron chi connectivity index (χ3n) is 4.49. The van der Waals surface area contributed by atoms with Crippen molar-refractivity contribution in [3.63, 3.8) is 0 Å². The number of hydrogen-bond donors (Lipinski definition) is 1. The van der Waals surface area contributed by atoms with E-state index in [2.05, 4.69) is 4.18 Å². The molecule has 4 atom stereocenters. The van der Waals surface area contributed by atoms with Crippen LogP contribution in [-0.4, -0.2) is 50.2 Å². The molecule has 1 heterocycles. The summed E-state index contributed by atoms with van der Waals surface area (Å²) in [5.74, 6) is 0. The molecule has 0 unspecified atom stereocenters. The lowest BCUT2D eigenvalue weighted by molar-refractivity contribution is -0.283. The minimum absolute atomic E-state index is 0.0180. The van der Waals surface area contributed by atoms with E-state index in [0.29, 0.717) is 0 Å². The predicted octanol–water partition coefficient (Wildman–Crippen LogP) is 2.74. The van der Waals surface area contributed by atoms with Crippen molar-refractivity contribution in [1.29, 1.82) is 0 Å². The summed E-state index contributed by atoms with van der Waals surface area (Å²) in [6, 6.07) is 17.8. The van der Waals surface area contributed by atoms with Crippen LogP contribution in [0.15, 0.2) is 60.7 Å². The summed E-state index contributed by atoms with van der Waals surface area (Å²) < 4.78 is 81.6. The van der Waals surface area contributed by atoms with E-state index >= 15 is 0 Å². The van der Waals surface area contributed by atoms with Crippen LogP contribution in [0.25, 0.3) is 0 Å². The lowest BCUT2D eigenvalue weighted by Gasteiger charge is -2.39. The summed E-state index contributed by atoms with van der Waals surface area (Å²) in [5, 5.41) is 10.6. The van der Waals surface area contributed by atoms with E-state index in [4.69, 9.17) is 14.2 Å². The third kappa shape index (κ3) is 6.25. The molecule has 170 valence electrons. The van der Waals surface area contributed by atoms with E-state index in [0.717, 1.165) is 11.1 Å². The van der Waals surface area contributed by atoms with Gasteiger partial charge >= 0.3 is 15.6 Å².